The van der Waals surface area contributed by atoms with Gasteiger partial charge in [-0.05, 0) is 73.8 Å². The second-order valence-electron chi connectivity index (χ2n) is 11.3. The lowest BCUT2D eigenvalue weighted by Gasteiger charge is -2.36. The first-order valence-electron chi connectivity index (χ1n) is 13.5. The molecule has 0 heterocycles. The molecule has 0 saturated carbocycles. The van der Waals surface area contributed by atoms with Gasteiger partial charge in [-0.3, -0.25) is 0 Å². The largest absolute Gasteiger partial charge is 0.417 e. The molecule has 0 aliphatic heterocycles. The summed E-state index contributed by atoms with van der Waals surface area (Å²) >= 11 is 0. The molecular formula is C32H46OPSi+. The predicted octanol–water partition coefficient (Wildman–Crippen LogP) is 8.34. The number of rotatable bonds is 13. The highest BCUT2D eigenvalue weighted by molar-refractivity contribution is 7.95. The summed E-state index contributed by atoms with van der Waals surface area (Å²) in [6, 6.07) is 33.8. The average molecular weight is 506 g/mol. The van der Waals surface area contributed by atoms with Crippen molar-refractivity contribution in [2.45, 2.75) is 77.4 Å². The molecule has 0 atom stereocenters. The van der Waals surface area contributed by atoms with Crippen LogP contribution in [0.4, 0.5) is 0 Å². The van der Waals surface area contributed by atoms with Crippen LogP contribution in [0.5, 0.6) is 0 Å². The standard InChI is InChI=1S/C32H46OPSi/c1-32(2,3)35(4,5)33-27-19-8-6-7-9-20-28-34(29-21-13-10-14-22-29,30-23-15-11-16-24-30)31-25-17-12-18-26-31/h10-18,21-26H,6-9,19-20,27-28H2,1-5H3/q+1. The molecule has 188 valence electrons. The summed E-state index contributed by atoms with van der Waals surface area (Å²) in [7, 11) is -3.27. The zero-order valence-electron chi connectivity index (χ0n) is 22.7. The highest BCUT2D eigenvalue weighted by atomic mass is 31.2. The van der Waals surface area contributed by atoms with Gasteiger partial charge in [0.25, 0.3) is 0 Å². The van der Waals surface area contributed by atoms with Crippen LogP contribution in [0.15, 0.2) is 91.0 Å². The quantitative estimate of drug-likeness (QED) is 0.129. The molecule has 35 heavy (non-hydrogen) atoms. The third-order valence-electron chi connectivity index (χ3n) is 7.75. The van der Waals surface area contributed by atoms with Crippen molar-refractivity contribution in [3.63, 3.8) is 0 Å². The van der Waals surface area contributed by atoms with Crippen molar-refractivity contribution < 1.29 is 4.43 Å². The fourth-order valence-corrected chi connectivity index (χ4v) is 10.1. The van der Waals surface area contributed by atoms with Crippen LogP contribution in [-0.2, 0) is 4.43 Å². The molecule has 0 saturated heterocycles. The number of unbranched alkanes of at least 4 members (excludes halogenated alkanes) is 5. The third-order valence-corrected chi connectivity index (χ3v) is 16.8. The minimum absolute atomic E-state index is 0.304. The first kappa shape index (κ1) is 27.8. The first-order valence-corrected chi connectivity index (χ1v) is 18.3. The normalized spacial score (nSPS) is 12.6. The third kappa shape index (κ3) is 7.38. The minimum atomic E-state index is -1.67. The maximum atomic E-state index is 6.36. The van der Waals surface area contributed by atoms with Crippen LogP contribution in [-0.4, -0.2) is 21.1 Å². The minimum Gasteiger partial charge on any atom is -0.417 e. The summed E-state index contributed by atoms with van der Waals surface area (Å²) < 4.78 is 6.36. The topological polar surface area (TPSA) is 9.23 Å². The second-order valence-corrected chi connectivity index (χ2v) is 19.7. The summed E-state index contributed by atoms with van der Waals surface area (Å²) in [5.41, 5.74) is 0. The van der Waals surface area contributed by atoms with Crippen LogP contribution in [0.2, 0.25) is 18.1 Å². The fraction of sp³-hybridized carbons (Fsp3) is 0.438. The van der Waals surface area contributed by atoms with Crippen LogP contribution in [0.3, 0.4) is 0 Å². The Morgan fingerprint density at radius 2 is 0.943 bits per heavy atom. The number of hydrogen-bond acceptors (Lipinski definition) is 1. The van der Waals surface area contributed by atoms with E-state index in [0.717, 1.165) is 6.61 Å². The van der Waals surface area contributed by atoms with Gasteiger partial charge in [-0.15, -0.1) is 0 Å². The molecule has 0 amide bonds. The number of hydrogen-bond donors (Lipinski definition) is 0. The van der Waals surface area contributed by atoms with Gasteiger partial charge in [0, 0.05) is 6.61 Å². The maximum absolute atomic E-state index is 6.36. The van der Waals surface area contributed by atoms with Crippen LogP contribution in [0.25, 0.3) is 0 Å². The molecule has 0 aliphatic rings. The molecule has 3 aromatic carbocycles. The van der Waals surface area contributed by atoms with Crippen LogP contribution >= 0.6 is 7.26 Å². The van der Waals surface area contributed by atoms with Crippen molar-refractivity contribution in [1.82, 2.24) is 0 Å². The molecular weight excluding hydrogens is 459 g/mol. The average Bonchev–Trinajstić information content (AvgIpc) is 2.86. The highest BCUT2D eigenvalue weighted by Gasteiger charge is 2.44. The summed E-state index contributed by atoms with van der Waals surface area (Å²) in [5.74, 6) is 0. The van der Waals surface area contributed by atoms with Gasteiger partial charge in [0.05, 0.1) is 6.16 Å². The Morgan fingerprint density at radius 3 is 1.34 bits per heavy atom. The van der Waals surface area contributed by atoms with E-state index >= 15 is 0 Å². The van der Waals surface area contributed by atoms with Gasteiger partial charge in [-0.25, -0.2) is 0 Å². The first-order chi connectivity index (χ1) is 16.8. The van der Waals surface area contributed by atoms with Crippen molar-refractivity contribution in [2.75, 3.05) is 12.8 Å². The molecule has 3 aromatic rings. The highest BCUT2D eigenvalue weighted by Crippen LogP contribution is 2.56. The second kappa shape index (κ2) is 13.0. The Bertz CT molecular complexity index is 884. The van der Waals surface area contributed by atoms with Crippen LogP contribution in [0.1, 0.15) is 59.3 Å². The van der Waals surface area contributed by atoms with Crippen molar-refractivity contribution in [2.24, 2.45) is 0 Å². The van der Waals surface area contributed by atoms with Gasteiger partial charge >= 0.3 is 0 Å². The molecule has 0 fully saturated rings. The molecule has 0 bridgehead atoms. The lowest BCUT2D eigenvalue weighted by molar-refractivity contribution is 0.277. The molecule has 0 unspecified atom stereocenters. The smallest absolute Gasteiger partial charge is 0.191 e. The molecule has 0 N–H and O–H groups in total. The van der Waals surface area contributed by atoms with Crippen LogP contribution < -0.4 is 15.9 Å². The van der Waals surface area contributed by atoms with E-state index in [1.807, 2.05) is 0 Å². The Labute approximate surface area is 216 Å². The van der Waals surface area contributed by atoms with E-state index in [9.17, 15) is 0 Å². The van der Waals surface area contributed by atoms with Crippen molar-refractivity contribution >= 4 is 31.5 Å². The van der Waals surface area contributed by atoms with E-state index in [1.54, 1.807) is 0 Å². The predicted molar refractivity (Wildman–Crippen MR) is 161 cm³/mol. The fourth-order valence-electron chi connectivity index (χ4n) is 4.58. The van der Waals surface area contributed by atoms with E-state index in [-0.39, 0.29) is 0 Å². The van der Waals surface area contributed by atoms with Gasteiger partial charge < -0.3 is 4.43 Å². The molecule has 0 aliphatic carbocycles. The van der Waals surface area contributed by atoms with Gasteiger partial charge in [0.2, 0.25) is 0 Å². The summed E-state index contributed by atoms with van der Waals surface area (Å²) in [6.07, 6.45) is 8.92. The maximum Gasteiger partial charge on any atom is 0.191 e. The van der Waals surface area contributed by atoms with Gasteiger partial charge in [0.15, 0.2) is 8.32 Å². The van der Waals surface area contributed by atoms with Crippen LogP contribution in [0, 0.1) is 0 Å². The van der Waals surface area contributed by atoms with Crippen molar-refractivity contribution in [3.05, 3.63) is 91.0 Å². The van der Waals surface area contributed by atoms with E-state index in [1.165, 1.54) is 60.6 Å². The lowest BCUT2D eigenvalue weighted by Crippen LogP contribution is -2.40. The van der Waals surface area contributed by atoms with Gasteiger partial charge in [0.1, 0.15) is 23.2 Å². The lowest BCUT2D eigenvalue weighted by atomic mass is 10.1. The SMILES string of the molecule is CC(C)(C)[Si](C)(C)OCCCCCCCC[P+](c1ccccc1)(c1ccccc1)c1ccccc1. The summed E-state index contributed by atoms with van der Waals surface area (Å²) in [5, 5.41) is 4.80. The molecule has 0 spiro atoms. The Morgan fingerprint density at radius 1 is 0.571 bits per heavy atom. The molecule has 1 nitrogen and oxygen atoms in total. The zero-order chi connectivity index (χ0) is 25.2. The van der Waals surface area contributed by atoms with E-state index in [4.69, 9.17) is 4.43 Å². The van der Waals surface area contributed by atoms with Gasteiger partial charge in [-0.1, -0.05) is 94.6 Å². The molecule has 0 radical (unpaired) electrons. The Hall–Kier alpha value is -1.73. The number of benzene rings is 3. The van der Waals surface area contributed by atoms with E-state index in [0.29, 0.717) is 5.04 Å². The monoisotopic (exact) mass is 505 g/mol. The van der Waals surface area contributed by atoms with E-state index in [2.05, 4.69) is 125 Å². The molecule has 0 aromatic heterocycles. The molecule has 3 rings (SSSR count). The van der Waals surface area contributed by atoms with Crippen molar-refractivity contribution in [1.29, 1.82) is 0 Å². The summed E-state index contributed by atoms with van der Waals surface area (Å²) in [6.45, 7) is 12.6. The summed E-state index contributed by atoms with van der Waals surface area (Å²) in [4.78, 5) is 0. The van der Waals surface area contributed by atoms with Crippen molar-refractivity contribution in [3.8, 4) is 0 Å². The Kier molecular flexibility index (Phi) is 10.3. The Balaban J connectivity index is 1.60. The van der Waals surface area contributed by atoms with Gasteiger partial charge in [-0.2, -0.15) is 0 Å². The zero-order valence-corrected chi connectivity index (χ0v) is 24.6. The molecule has 3 heteroatoms. The van der Waals surface area contributed by atoms with E-state index < -0.39 is 15.6 Å².